The molecule has 1 saturated carbocycles. The van der Waals surface area contributed by atoms with Crippen molar-refractivity contribution in [3.05, 3.63) is 65.5 Å². The van der Waals surface area contributed by atoms with Crippen LogP contribution in [0.4, 0.5) is 10.1 Å². The maximum absolute atomic E-state index is 12.9. The number of carboxylic acids is 1. The number of rotatable bonds is 6. The van der Waals surface area contributed by atoms with E-state index in [9.17, 15) is 18.8 Å². The molecule has 0 aromatic heterocycles. The van der Waals surface area contributed by atoms with Crippen LogP contribution in [0.15, 0.2) is 48.5 Å². The Morgan fingerprint density at radius 2 is 1.63 bits per heavy atom. The van der Waals surface area contributed by atoms with E-state index in [2.05, 4.69) is 10.6 Å². The Morgan fingerprint density at radius 3 is 2.15 bits per heavy atom. The van der Waals surface area contributed by atoms with E-state index in [0.29, 0.717) is 24.1 Å². The van der Waals surface area contributed by atoms with E-state index in [0.717, 1.165) is 5.56 Å². The summed E-state index contributed by atoms with van der Waals surface area (Å²) in [4.78, 5) is 35.5. The molecule has 6 nitrogen and oxygen atoms in total. The van der Waals surface area contributed by atoms with Gasteiger partial charge in [0.05, 0.1) is 6.04 Å². The molecular formula is C20H19FN2O4. The number of carbonyl (C=O) groups is 3. The summed E-state index contributed by atoms with van der Waals surface area (Å²) in [6.07, 6.45) is 0.713. The van der Waals surface area contributed by atoms with Gasteiger partial charge in [-0.15, -0.1) is 0 Å². The summed E-state index contributed by atoms with van der Waals surface area (Å²) in [5.41, 5.74) is 0.391. The average Bonchev–Trinajstić information content (AvgIpc) is 3.45. The van der Waals surface area contributed by atoms with Gasteiger partial charge in [0, 0.05) is 11.3 Å². The average molecular weight is 370 g/mol. The molecule has 0 heterocycles. The molecule has 140 valence electrons. The Labute approximate surface area is 155 Å². The van der Waals surface area contributed by atoms with Gasteiger partial charge in [0.25, 0.3) is 5.91 Å². The molecule has 1 aliphatic carbocycles. The number of amides is 2. The summed E-state index contributed by atoms with van der Waals surface area (Å²) in [5.74, 6) is -2.34. The molecule has 27 heavy (non-hydrogen) atoms. The molecule has 0 radical (unpaired) electrons. The third-order valence-corrected chi connectivity index (χ3v) is 4.72. The molecule has 1 aliphatic rings. The lowest BCUT2D eigenvalue weighted by Crippen LogP contribution is -2.38. The van der Waals surface area contributed by atoms with Gasteiger partial charge in [-0.1, -0.05) is 12.1 Å². The van der Waals surface area contributed by atoms with Gasteiger partial charge in [0.1, 0.15) is 11.2 Å². The minimum absolute atomic E-state index is 0.338. The number of nitrogens with one attached hydrogen (secondary N) is 2. The fraction of sp³-hybridized carbons (Fsp3) is 0.250. The lowest BCUT2D eigenvalue weighted by molar-refractivity contribution is -0.149. The van der Waals surface area contributed by atoms with Crippen molar-refractivity contribution in [2.24, 2.45) is 5.41 Å². The number of carbonyl (C=O) groups excluding carboxylic acids is 2. The molecule has 1 atom stereocenters. The van der Waals surface area contributed by atoms with Crippen LogP contribution in [0.25, 0.3) is 0 Å². The number of halogens is 1. The van der Waals surface area contributed by atoms with Crippen molar-refractivity contribution in [3.8, 4) is 0 Å². The van der Waals surface area contributed by atoms with Crippen LogP contribution in [-0.4, -0.2) is 22.9 Å². The first kappa shape index (κ1) is 18.6. The smallest absolute Gasteiger partial charge is 0.319 e. The van der Waals surface area contributed by atoms with Crippen LogP contribution >= 0.6 is 0 Å². The van der Waals surface area contributed by atoms with Crippen LogP contribution in [0.1, 0.15) is 41.7 Å². The minimum atomic E-state index is -1.28. The van der Waals surface area contributed by atoms with Gasteiger partial charge in [-0.2, -0.15) is 0 Å². The highest BCUT2D eigenvalue weighted by Gasteiger charge is 2.57. The van der Waals surface area contributed by atoms with Crippen molar-refractivity contribution >= 4 is 23.5 Å². The quantitative estimate of drug-likeness (QED) is 0.681. The van der Waals surface area contributed by atoms with Crippen LogP contribution in [-0.2, 0) is 9.59 Å². The predicted octanol–water partition coefficient (Wildman–Crippen LogP) is 3.12. The molecule has 7 heteroatoms. The number of hydrogen-bond donors (Lipinski definition) is 3. The van der Waals surface area contributed by atoms with E-state index in [1.807, 2.05) is 0 Å². The van der Waals surface area contributed by atoms with Gasteiger partial charge in [0.2, 0.25) is 5.91 Å². The zero-order valence-corrected chi connectivity index (χ0v) is 14.7. The summed E-state index contributed by atoms with van der Waals surface area (Å²) < 4.78 is 12.9. The summed E-state index contributed by atoms with van der Waals surface area (Å²) in [7, 11) is 0. The molecule has 0 spiro atoms. The monoisotopic (exact) mass is 370 g/mol. The molecule has 3 N–H and O–H groups in total. The first-order valence-electron chi connectivity index (χ1n) is 8.53. The van der Waals surface area contributed by atoms with Gasteiger partial charge in [-0.3, -0.25) is 14.4 Å². The third kappa shape index (κ3) is 3.97. The highest BCUT2D eigenvalue weighted by Crippen LogP contribution is 2.46. The standard InChI is InChI=1S/C20H19FN2O4/c1-12(22-18(25)20(10-11-20)19(26)27)13-4-8-16(9-5-13)23-17(24)14-2-6-15(21)7-3-14/h2-9,12H,10-11H2,1H3,(H,22,25)(H,23,24)(H,26,27). The number of carboxylic acid groups (broad SMARTS) is 1. The van der Waals surface area contributed by atoms with Crippen molar-refractivity contribution in [3.63, 3.8) is 0 Å². The van der Waals surface area contributed by atoms with Crippen LogP contribution < -0.4 is 10.6 Å². The third-order valence-electron chi connectivity index (χ3n) is 4.72. The van der Waals surface area contributed by atoms with Crippen LogP contribution in [0.2, 0.25) is 0 Å². The van der Waals surface area contributed by atoms with E-state index in [1.54, 1.807) is 31.2 Å². The number of hydrogen-bond acceptors (Lipinski definition) is 3. The second-order valence-corrected chi connectivity index (χ2v) is 6.67. The van der Waals surface area contributed by atoms with Gasteiger partial charge in [0.15, 0.2) is 0 Å². The molecule has 2 aromatic rings. The molecule has 3 rings (SSSR count). The largest absolute Gasteiger partial charge is 0.480 e. The number of aliphatic carboxylic acids is 1. The van der Waals surface area contributed by atoms with E-state index >= 15 is 0 Å². The molecular weight excluding hydrogens is 351 g/mol. The van der Waals surface area contributed by atoms with E-state index in [4.69, 9.17) is 5.11 Å². The molecule has 2 amide bonds. The van der Waals surface area contributed by atoms with E-state index < -0.39 is 23.1 Å². The highest BCUT2D eigenvalue weighted by atomic mass is 19.1. The maximum atomic E-state index is 12.9. The van der Waals surface area contributed by atoms with Gasteiger partial charge < -0.3 is 15.7 Å². The zero-order chi connectivity index (χ0) is 19.6. The van der Waals surface area contributed by atoms with Crippen molar-refractivity contribution in [1.82, 2.24) is 5.32 Å². The van der Waals surface area contributed by atoms with Crippen LogP contribution in [0.5, 0.6) is 0 Å². The Hall–Kier alpha value is -3.22. The Bertz CT molecular complexity index is 874. The number of anilines is 1. The van der Waals surface area contributed by atoms with Crippen molar-refractivity contribution in [1.29, 1.82) is 0 Å². The van der Waals surface area contributed by atoms with Gasteiger partial charge in [-0.05, 0) is 61.7 Å². The summed E-state index contributed by atoms with van der Waals surface area (Å²) >= 11 is 0. The second-order valence-electron chi connectivity index (χ2n) is 6.67. The van der Waals surface area contributed by atoms with Gasteiger partial charge >= 0.3 is 5.97 Å². The fourth-order valence-corrected chi connectivity index (χ4v) is 2.74. The topological polar surface area (TPSA) is 95.5 Å². The first-order chi connectivity index (χ1) is 12.8. The van der Waals surface area contributed by atoms with E-state index in [1.165, 1.54) is 24.3 Å². The summed E-state index contributed by atoms with van der Waals surface area (Å²) in [6, 6.07) is 11.7. The maximum Gasteiger partial charge on any atom is 0.319 e. The van der Waals surface area contributed by atoms with Crippen molar-refractivity contribution < 1.29 is 23.9 Å². The van der Waals surface area contributed by atoms with E-state index in [-0.39, 0.29) is 11.9 Å². The lowest BCUT2D eigenvalue weighted by Gasteiger charge is -2.18. The molecule has 2 aromatic carbocycles. The summed E-state index contributed by atoms with van der Waals surface area (Å²) in [6.45, 7) is 1.77. The minimum Gasteiger partial charge on any atom is -0.480 e. The first-order valence-corrected chi connectivity index (χ1v) is 8.53. The molecule has 0 bridgehead atoms. The zero-order valence-electron chi connectivity index (χ0n) is 14.7. The predicted molar refractivity (Wildman–Crippen MR) is 96.7 cm³/mol. The summed E-state index contributed by atoms with van der Waals surface area (Å²) in [5, 5.41) is 14.6. The van der Waals surface area contributed by atoms with Crippen LogP contribution in [0.3, 0.4) is 0 Å². The normalized spacial score (nSPS) is 15.5. The van der Waals surface area contributed by atoms with Gasteiger partial charge in [-0.25, -0.2) is 4.39 Å². The van der Waals surface area contributed by atoms with Crippen LogP contribution in [0, 0.1) is 11.2 Å². The lowest BCUT2D eigenvalue weighted by atomic mass is 10.0. The van der Waals surface area contributed by atoms with Crippen molar-refractivity contribution in [2.45, 2.75) is 25.8 Å². The molecule has 0 saturated heterocycles. The molecule has 1 fully saturated rings. The van der Waals surface area contributed by atoms with Crippen molar-refractivity contribution in [2.75, 3.05) is 5.32 Å². The second kappa shape index (κ2) is 7.19. The SMILES string of the molecule is CC(NC(=O)C1(C(=O)O)CC1)c1ccc(NC(=O)c2ccc(F)cc2)cc1. The number of benzene rings is 2. The Morgan fingerprint density at radius 1 is 1.04 bits per heavy atom. The highest BCUT2D eigenvalue weighted by molar-refractivity contribution is 6.05. The molecule has 0 aliphatic heterocycles. The Kier molecular flexibility index (Phi) is 4.94. The molecule has 1 unspecified atom stereocenters. The Balaban J connectivity index is 1.61. The fourth-order valence-electron chi connectivity index (χ4n) is 2.74.